The minimum absolute atomic E-state index is 0.123. The smallest absolute Gasteiger partial charge is 0.103 e. The van der Waals surface area contributed by atoms with Gasteiger partial charge in [0.25, 0.3) is 0 Å². The molecule has 1 saturated carbocycles. The van der Waals surface area contributed by atoms with E-state index in [4.69, 9.17) is 4.42 Å². The molecule has 1 N–H and O–H groups in total. The van der Waals surface area contributed by atoms with Crippen LogP contribution in [0.25, 0.3) is 0 Å². The van der Waals surface area contributed by atoms with Crippen LogP contribution in [0, 0.1) is 5.92 Å². The van der Waals surface area contributed by atoms with Crippen molar-refractivity contribution in [2.75, 3.05) is 0 Å². The third-order valence-electron chi connectivity index (χ3n) is 3.21. The second-order valence-electron chi connectivity index (χ2n) is 4.23. The number of aliphatic hydroxyl groups excluding tert-OH is 1. The van der Waals surface area contributed by atoms with Gasteiger partial charge < -0.3 is 9.52 Å². The molecule has 0 aliphatic heterocycles. The van der Waals surface area contributed by atoms with E-state index in [-0.39, 0.29) is 6.10 Å². The first-order chi connectivity index (χ1) is 6.86. The van der Waals surface area contributed by atoms with Crippen LogP contribution in [-0.2, 0) is 6.42 Å². The van der Waals surface area contributed by atoms with Gasteiger partial charge >= 0.3 is 0 Å². The number of aryl methyl sites for hydroxylation is 1. The third-order valence-corrected chi connectivity index (χ3v) is 3.21. The highest BCUT2D eigenvalue weighted by Gasteiger charge is 2.22. The molecule has 0 bridgehead atoms. The molecule has 0 radical (unpaired) electrons. The summed E-state index contributed by atoms with van der Waals surface area (Å²) in [5.74, 6) is 1.53. The molecule has 0 saturated heterocycles. The lowest BCUT2D eigenvalue weighted by atomic mass is 9.96. The summed E-state index contributed by atoms with van der Waals surface area (Å²) in [6, 6.07) is 3.87. The van der Waals surface area contributed by atoms with Crippen molar-refractivity contribution in [3.8, 4) is 0 Å². The quantitative estimate of drug-likeness (QED) is 0.799. The third kappa shape index (κ3) is 2.38. The Balaban J connectivity index is 1.74. The van der Waals surface area contributed by atoms with Crippen molar-refractivity contribution in [3.05, 3.63) is 24.2 Å². The van der Waals surface area contributed by atoms with E-state index in [0.29, 0.717) is 5.92 Å². The van der Waals surface area contributed by atoms with Crippen LogP contribution in [0.1, 0.15) is 37.9 Å². The Hall–Kier alpha value is -0.760. The van der Waals surface area contributed by atoms with E-state index in [1.165, 1.54) is 25.7 Å². The van der Waals surface area contributed by atoms with E-state index in [1.807, 2.05) is 12.1 Å². The average Bonchev–Trinajstić information content (AvgIpc) is 2.87. The molecule has 1 aliphatic carbocycles. The molecule has 14 heavy (non-hydrogen) atoms. The van der Waals surface area contributed by atoms with E-state index in [2.05, 4.69) is 0 Å². The van der Waals surface area contributed by atoms with Gasteiger partial charge in [-0.15, -0.1) is 0 Å². The maximum atomic E-state index is 9.91. The lowest BCUT2D eigenvalue weighted by Crippen LogP contribution is -2.18. The van der Waals surface area contributed by atoms with Gasteiger partial charge in [0.1, 0.15) is 5.76 Å². The van der Waals surface area contributed by atoms with Gasteiger partial charge in [-0.2, -0.15) is 0 Å². The van der Waals surface area contributed by atoms with Crippen LogP contribution in [-0.4, -0.2) is 11.2 Å². The molecule has 1 fully saturated rings. The second-order valence-corrected chi connectivity index (χ2v) is 4.23. The Morgan fingerprint density at radius 3 is 2.86 bits per heavy atom. The van der Waals surface area contributed by atoms with Gasteiger partial charge in [-0.1, -0.05) is 12.8 Å². The van der Waals surface area contributed by atoms with Crippen LogP contribution in [0.4, 0.5) is 0 Å². The van der Waals surface area contributed by atoms with Crippen LogP contribution >= 0.6 is 0 Å². The molecule has 1 aromatic heterocycles. The SMILES string of the molecule is OC(CCc1ccco1)C1CCCC1. The maximum absolute atomic E-state index is 9.91. The van der Waals surface area contributed by atoms with Crippen LogP contribution < -0.4 is 0 Å². The monoisotopic (exact) mass is 194 g/mol. The molecule has 2 rings (SSSR count). The summed E-state index contributed by atoms with van der Waals surface area (Å²) in [5, 5.41) is 9.91. The molecular formula is C12H18O2. The predicted octanol–water partition coefficient (Wildman–Crippen LogP) is 2.76. The summed E-state index contributed by atoms with van der Waals surface area (Å²) in [6.45, 7) is 0. The minimum atomic E-state index is -0.123. The van der Waals surface area contributed by atoms with Gasteiger partial charge in [-0.05, 0) is 37.3 Å². The van der Waals surface area contributed by atoms with Crippen molar-refractivity contribution >= 4 is 0 Å². The minimum Gasteiger partial charge on any atom is -0.469 e. The largest absolute Gasteiger partial charge is 0.469 e. The fourth-order valence-corrected chi connectivity index (χ4v) is 2.32. The van der Waals surface area contributed by atoms with E-state index in [0.717, 1.165) is 18.6 Å². The number of hydrogen-bond donors (Lipinski definition) is 1. The highest BCUT2D eigenvalue weighted by atomic mass is 16.3. The summed E-state index contributed by atoms with van der Waals surface area (Å²) in [5.41, 5.74) is 0. The zero-order valence-electron chi connectivity index (χ0n) is 8.48. The number of aliphatic hydroxyl groups is 1. The molecular weight excluding hydrogens is 176 g/mol. The van der Waals surface area contributed by atoms with Gasteiger partial charge in [0.05, 0.1) is 12.4 Å². The lowest BCUT2D eigenvalue weighted by Gasteiger charge is -2.16. The molecule has 78 valence electrons. The lowest BCUT2D eigenvalue weighted by molar-refractivity contribution is 0.101. The first-order valence-corrected chi connectivity index (χ1v) is 5.56. The molecule has 0 spiro atoms. The Kier molecular flexibility index (Phi) is 3.25. The van der Waals surface area contributed by atoms with Crippen LogP contribution in [0.3, 0.4) is 0 Å². The standard InChI is InChI=1S/C12H18O2/c13-12(10-4-1-2-5-10)8-7-11-6-3-9-14-11/h3,6,9-10,12-13H,1-2,4-5,7-8H2. The summed E-state index contributed by atoms with van der Waals surface area (Å²) in [4.78, 5) is 0. The number of hydrogen-bond acceptors (Lipinski definition) is 2. The fourth-order valence-electron chi connectivity index (χ4n) is 2.32. The molecule has 1 atom stereocenters. The van der Waals surface area contributed by atoms with E-state index in [1.54, 1.807) is 6.26 Å². The number of rotatable bonds is 4. The van der Waals surface area contributed by atoms with Gasteiger partial charge in [-0.25, -0.2) is 0 Å². The van der Waals surface area contributed by atoms with Crippen molar-refractivity contribution < 1.29 is 9.52 Å². The average molecular weight is 194 g/mol. The summed E-state index contributed by atoms with van der Waals surface area (Å²) in [6.07, 6.45) is 8.28. The highest BCUT2D eigenvalue weighted by molar-refractivity contribution is 4.98. The maximum Gasteiger partial charge on any atom is 0.103 e. The zero-order chi connectivity index (χ0) is 9.80. The molecule has 0 amide bonds. The van der Waals surface area contributed by atoms with Gasteiger partial charge in [0.15, 0.2) is 0 Å². The van der Waals surface area contributed by atoms with Crippen LogP contribution in [0.5, 0.6) is 0 Å². The molecule has 2 nitrogen and oxygen atoms in total. The molecule has 2 heteroatoms. The summed E-state index contributed by atoms with van der Waals surface area (Å²) >= 11 is 0. The zero-order valence-corrected chi connectivity index (χ0v) is 8.48. The second kappa shape index (κ2) is 4.65. The van der Waals surface area contributed by atoms with Crippen molar-refractivity contribution in [2.24, 2.45) is 5.92 Å². The normalized spacial score (nSPS) is 20.1. The number of furan rings is 1. The molecule has 1 unspecified atom stereocenters. The Bertz CT molecular complexity index is 247. The summed E-state index contributed by atoms with van der Waals surface area (Å²) < 4.78 is 5.24. The van der Waals surface area contributed by atoms with Gasteiger partial charge in [-0.3, -0.25) is 0 Å². The van der Waals surface area contributed by atoms with Crippen molar-refractivity contribution in [1.82, 2.24) is 0 Å². The highest BCUT2D eigenvalue weighted by Crippen LogP contribution is 2.29. The van der Waals surface area contributed by atoms with E-state index >= 15 is 0 Å². The van der Waals surface area contributed by atoms with Crippen molar-refractivity contribution in [1.29, 1.82) is 0 Å². The van der Waals surface area contributed by atoms with Crippen LogP contribution in [0.15, 0.2) is 22.8 Å². The van der Waals surface area contributed by atoms with E-state index in [9.17, 15) is 5.11 Å². The van der Waals surface area contributed by atoms with E-state index < -0.39 is 0 Å². The van der Waals surface area contributed by atoms with Crippen molar-refractivity contribution in [3.63, 3.8) is 0 Å². The first-order valence-electron chi connectivity index (χ1n) is 5.56. The summed E-state index contributed by atoms with van der Waals surface area (Å²) in [7, 11) is 0. The predicted molar refractivity (Wildman–Crippen MR) is 55.0 cm³/mol. The molecule has 1 aromatic rings. The molecule has 1 heterocycles. The topological polar surface area (TPSA) is 33.4 Å². The molecule has 1 aliphatic rings. The van der Waals surface area contributed by atoms with Gasteiger partial charge in [0.2, 0.25) is 0 Å². The first kappa shape index (κ1) is 9.78. The van der Waals surface area contributed by atoms with Crippen molar-refractivity contribution in [2.45, 2.75) is 44.6 Å². The molecule has 0 aromatic carbocycles. The Morgan fingerprint density at radius 2 is 2.21 bits per heavy atom. The fraction of sp³-hybridized carbons (Fsp3) is 0.667. The Morgan fingerprint density at radius 1 is 1.43 bits per heavy atom. The Labute approximate surface area is 84.9 Å². The van der Waals surface area contributed by atoms with Crippen LogP contribution in [0.2, 0.25) is 0 Å². The van der Waals surface area contributed by atoms with Gasteiger partial charge in [0, 0.05) is 6.42 Å².